The van der Waals surface area contributed by atoms with Gasteiger partial charge in [0, 0.05) is 6.04 Å². The molecule has 0 saturated carbocycles. The molecule has 0 spiro atoms. The first-order valence-electron chi connectivity index (χ1n) is 5.03. The number of rotatable bonds is 5. The summed E-state index contributed by atoms with van der Waals surface area (Å²) in [7, 11) is 0. The summed E-state index contributed by atoms with van der Waals surface area (Å²) in [5, 5.41) is 2.88. The Labute approximate surface area is 81.1 Å². The highest BCUT2D eigenvalue weighted by Crippen LogP contribution is 2.09. The van der Waals surface area contributed by atoms with Crippen molar-refractivity contribution in [3.05, 3.63) is 0 Å². The number of nitrogens with one attached hydrogen (secondary N) is 1. The van der Waals surface area contributed by atoms with E-state index in [4.69, 9.17) is 5.73 Å². The molecule has 0 aliphatic rings. The highest BCUT2D eigenvalue weighted by molar-refractivity contribution is 5.81. The lowest BCUT2D eigenvalue weighted by Crippen LogP contribution is -2.43. The second-order valence-electron chi connectivity index (χ2n) is 3.95. The zero-order chi connectivity index (χ0) is 10.4. The molecule has 0 aromatic heterocycles. The average molecular weight is 186 g/mol. The summed E-state index contributed by atoms with van der Waals surface area (Å²) < 4.78 is 0. The minimum atomic E-state index is -0.403. The average Bonchev–Trinajstić information content (AvgIpc) is 2.03. The summed E-state index contributed by atoms with van der Waals surface area (Å²) in [6.45, 7) is 8.07. The SMILES string of the molecule is CCC(C)CC(C)NC(=O)[C@H](C)N. The van der Waals surface area contributed by atoms with Crippen LogP contribution in [-0.4, -0.2) is 18.0 Å². The van der Waals surface area contributed by atoms with E-state index in [-0.39, 0.29) is 11.9 Å². The van der Waals surface area contributed by atoms with E-state index in [0.29, 0.717) is 5.92 Å². The summed E-state index contributed by atoms with van der Waals surface area (Å²) in [5.41, 5.74) is 5.44. The van der Waals surface area contributed by atoms with Gasteiger partial charge in [-0.25, -0.2) is 0 Å². The quantitative estimate of drug-likeness (QED) is 0.679. The third kappa shape index (κ3) is 5.64. The zero-order valence-corrected chi connectivity index (χ0v) is 9.13. The minimum absolute atomic E-state index is 0.0594. The minimum Gasteiger partial charge on any atom is -0.352 e. The highest BCUT2D eigenvalue weighted by Gasteiger charge is 2.12. The van der Waals surface area contributed by atoms with Gasteiger partial charge in [-0.2, -0.15) is 0 Å². The maximum absolute atomic E-state index is 11.2. The Kier molecular flexibility index (Phi) is 5.71. The standard InChI is InChI=1S/C10H22N2O/c1-5-7(2)6-8(3)12-10(13)9(4)11/h7-9H,5-6,11H2,1-4H3,(H,12,13)/t7?,8?,9-/m0/s1. The third-order valence-electron chi connectivity index (χ3n) is 2.26. The fourth-order valence-corrected chi connectivity index (χ4v) is 1.20. The highest BCUT2D eigenvalue weighted by atomic mass is 16.2. The topological polar surface area (TPSA) is 55.1 Å². The number of amides is 1. The zero-order valence-electron chi connectivity index (χ0n) is 9.13. The molecule has 1 amide bonds. The Morgan fingerprint density at radius 3 is 2.31 bits per heavy atom. The molecule has 0 saturated heterocycles. The predicted octanol–water partition coefficient (Wildman–Crippen LogP) is 1.27. The van der Waals surface area contributed by atoms with Gasteiger partial charge >= 0.3 is 0 Å². The van der Waals surface area contributed by atoms with E-state index < -0.39 is 6.04 Å². The molecule has 0 aliphatic carbocycles. The molecule has 0 bridgehead atoms. The molecule has 3 nitrogen and oxygen atoms in total. The summed E-state index contributed by atoms with van der Waals surface area (Å²) in [4.78, 5) is 11.2. The van der Waals surface area contributed by atoms with Gasteiger partial charge in [0.05, 0.1) is 6.04 Å². The lowest BCUT2D eigenvalue weighted by atomic mass is 10.0. The van der Waals surface area contributed by atoms with Gasteiger partial charge in [-0.05, 0) is 26.2 Å². The van der Waals surface area contributed by atoms with Crippen LogP contribution >= 0.6 is 0 Å². The Balaban J connectivity index is 3.74. The number of hydrogen-bond donors (Lipinski definition) is 2. The number of nitrogens with two attached hydrogens (primary N) is 1. The van der Waals surface area contributed by atoms with E-state index in [9.17, 15) is 4.79 Å². The van der Waals surface area contributed by atoms with Crippen molar-refractivity contribution in [2.75, 3.05) is 0 Å². The molecule has 0 heterocycles. The number of carbonyl (C=O) groups is 1. The largest absolute Gasteiger partial charge is 0.352 e. The maximum atomic E-state index is 11.2. The molecule has 78 valence electrons. The van der Waals surface area contributed by atoms with Crippen LogP contribution in [0, 0.1) is 5.92 Å². The third-order valence-corrected chi connectivity index (χ3v) is 2.26. The summed E-state index contributed by atoms with van der Waals surface area (Å²) in [6.07, 6.45) is 2.17. The van der Waals surface area contributed by atoms with Crippen LogP contribution in [-0.2, 0) is 4.79 Å². The van der Waals surface area contributed by atoms with Gasteiger partial charge < -0.3 is 11.1 Å². The van der Waals surface area contributed by atoms with E-state index >= 15 is 0 Å². The van der Waals surface area contributed by atoms with E-state index in [1.807, 2.05) is 6.92 Å². The van der Waals surface area contributed by atoms with Crippen molar-refractivity contribution in [3.63, 3.8) is 0 Å². The van der Waals surface area contributed by atoms with Gasteiger partial charge in [0.1, 0.15) is 0 Å². The molecule has 0 aliphatic heterocycles. The van der Waals surface area contributed by atoms with E-state index in [0.717, 1.165) is 12.8 Å². The van der Waals surface area contributed by atoms with Crippen molar-refractivity contribution < 1.29 is 4.79 Å². The molecular formula is C10H22N2O. The van der Waals surface area contributed by atoms with Gasteiger partial charge in [-0.1, -0.05) is 20.3 Å². The molecule has 0 radical (unpaired) electrons. The van der Waals surface area contributed by atoms with Crippen LogP contribution in [0.15, 0.2) is 0 Å². The summed E-state index contributed by atoms with van der Waals surface area (Å²) in [5.74, 6) is 0.596. The lowest BCUT2D eigenvalue weighted by molar-refractivity contribution is -0.122. The van der Waals surface area contributed by atoms with Crippen LogP contribution in [0.1, 0.15) is 40.5 Å². The second-order valence-corrected chi connectivity index (χ2v) is 3.95. The smallest absolute Gasteiger partial charge is 0.236 e. The van der Waals surface area contributed by atoms with Gasteiger partial charge in [0.15, 0.2) is 0 Å². The normalized spacial score (nSPS) is 17.6. The second kappa shape index (κ2) is 5.97. The first kappa shape index (κ1) is 12.4. The monoisotopic (exact) mass is 186 g/mol. The van der Waals surface area contributed by atoms with Crippen molar-refractivity contribution in [1.29, 1.82) is 0 Å². The Hall–Kier alpha value is -0.570. The van der Waals surface area contributed by atoms with Gasteiger partial charge in [-0.3, -0.25) is 4.79 Å². The van der Waals surface area contributed by atoms with Crippen LogP contribution in [0.5, 0.6) is 0 Å². The molecule has 3 atom stereocenters. The van der Waals surface area contributed by atoms with Gasteiger partial charge in [-0.15, -0.1) is 0 Å². The van der Waals surface area contributed by atoms with Crippen LogP contribution in [0.3, 0.4) is 0 Å². The molecule has 0 fully saturated rings. The Bertz CT molecular complexity index is 157. The molecule has 0 aromatic rings. The molecule has 2 unspecified atom stereocenters. The number of hydrogen-bond acceptors (Lipinski definition) is 2. The first-order chi connectivity index (χ1) is 5.97. The van der Waals surface area contributed by atoms with Crippen LogP contribution in [0.2, 0.25) is 0 Å². The maximum Gasteiger partial charge on any atom is 0.236 e. The molecule has 3 N–H and O–H groups in total. The molecule has 0 aromatic carbocycles. The van der Waals surface area contributed by atoms with Crippen molar-refractivity contribution in [1.82, 2.24) is 5.32 Å². The molecule has 0 rings (SSSR count). The molecular weight excluding hydrogens is 164 g/mol. The summed E-state index contributed by atoms with van der Waals surface area (Å²) >= 11 is 0. The van der Waals surface area contributed by atoms with Crippen LogP contribution in [0.25, 0.3) is 0 Å². The van der Waals surface area contributed by atoms with Crippen molar-refractivity contribution in [3.8, 4) is 0 Å². The van der Waals surface area contributed by atoms with Crippen molar-refractivity contribution in [2.45, 2.75) is 52.6 Å². The van der Waals surface area contributed by atoms with Crippen LogP contribution in [0.4, 0.5) is 0 Å². The van der Waals surface area contributed by atoms with Gasteiger partial charge in [0.25, 0.3) is 0 Å². The summed E-state index contributed by atoms with van der Waals surface area (Å²) in [6, 6.07) is -0.173. The Morgan fingerprint density at radius 1 is 1.38 bits per heavy atom. The lowest BCUT2D eigenvalue weighted by Gasteiger charge is -2.18. The fraction of sp³-hybridized carbons (Fsp3) is 0.900. The fourth-order valence-electron chi connectivity index (χ4n) is 1.20. The molecule has 3 heteroatoms. The number of carbonyl (C=O) groups excluding carboxylic acids is 1. The predicted molar refractivity (Wildman–Crippen MR) is 55.3 cm³/mol. The van der Waals surface area contributed by atoms with Crippen LogP contribution < -0.4 is 11.1 Å². The molecule has 13 heavy (non-hydrogen) atoms. The van der Waals surface area contributed by atoms with Crippen molar-refractivity contribution >= 4 is 5.91 Å². The van der Waals surface area contributed by atoms with E-state index in [1.165, 1.54) is 0 Å². The van der Waals surface area contributed by atoms with E-state index in [2.05, 4.69) is 19.2 Å². The first-order valence-corrected chi connectivity index (χ1v) is 5.03. The van der Waals surface area contributed by atoms with E-state index in [1.54, 1.807) is 6.92 Å². The van der Waals surface area contributed by atoms with Crippen molar-refractivity contribution in [2.24, 2.45) is 11.7 Å². The Morgan fingerprint density at radius 2 is 1.92 bits per heavy atom. The van der Waals surface area contributed by atoms with Gasteiger partial charge in [0.2, 0.25) is 5.91 Å².